The van der Waals surface area contributed by atoms with Crippen LogP contribution in [0.4, 0.5) is 4.79 Å². The molecule has 42 heavy (non-hydrogen) atoms. The van der Waals surface area contributed by atoms with Crippen LogP contribution in [0.25, 0.3) is 0 Å². The molecule has 0 bridgehead atoms. The third-order valence-electron chi connectivity index (χ3n) is 7.45. The lowest BCUT2D eigenvalue weighted by molar-refractivity contribution is -0.143. The molecular formula is C33H55NO8. The van der Waals surface area contributed by atoms with Crippen molar-refractivity contribution in [3.05, 3.63) is 48.6 Å². The van der Waals surface area contributed by atoms with Gasteiger partial charge < -0.3 is 30.5 Å². The van der Waals surface area contributed by atoms with Crippen LogP contribution in [0.1, 0.15) is 80.6 Å². The number of primary amides is 1. The molecule has 0 saturated carbocycles. The highest BCUT2D eigenvalue weighted by atomic mass is 16.6. The monoisotopic (exact) mass is 593 g/mol. The molecule has 0 aliphatic rings. The van der Waals surface area contributed by atoms with Crippen molar-refractivity contribution in [1.29, 1.82) is 0 Å². The largest absolute Gasteiger partial charge is 0.466 e. The first kappa shape index (κ1) is 39.2. The second-order valence-corrected chi connectivity index (χ2v) is 11.5. The van der Waals surface area contributed by atoms with Crippen LogP contribution < -0.4 is 5.73 Å². The van der Waals surface area contributed by atoms with E-state index in [-0.39, 0.29) is 60.6 Å². The van der Waals surface area contributed by atoms with Crippen LogP contribution in [-0.4, -0.2) is 64.2 Å². The summed E-state index contributed by atoms with van der Waals surface area (Å²) in [5.41, 5.74) is 6.29. The normalized spacial score (nSPS) is 18.9. The number of hydrogen-bond donors (Lipinski definition) is 4. The summed E-state index contributed by atoms with van der Waals surface area (Å²) in [6.07, 6.45) is 7.75. The topological polar surface area (TPSA) is 156 Å². The number of rotatable bonds is 21. The fraction of sp³-hybridized carbons (Fsp3) is 0.667. The Labute approximate surface area is 252 Å². The Balaban J connectivity index is 5.02. The molecule has 0 saturated heterocycles. The van der Waals surface area contributed by atoms with E-state index in [1.165, 1.54) is 6.08 Å². The smallest absolute Gasteiger partial charge is 0.404 e. The fourth-order valence-corrected chi connectivity index (χ4v) is 5.11. The van der Waals surface area contributed by atoms with Gasteiger partial charge in [-0.25, -0.2) is 4.79 Å². The summed E-state index contributed by atoms with van der Waals surface area (Å²) in [6.45, 7) is 17.0. The Kier molecular flexibility index (Phi) is 19.6. The Morgan fingerprint density at radius 3 is 2.10 bits per heavy atom. The zero-order valence-corrected chi connectivity index (χ0v) is 26.6. The molecule has 0 aromatic carbocycles. The standard InChI is InChI=1S/C33H55NO8/c1-9-11-13-23(5)32(42-33(34)40)26(8)31(39)25(7)19-21(3)18-24(6)30(38)22(4)16-17-28(36)20-27(35)14-12-15-29(37)41-10-2/h9,11,13,16-18,22-26,28,30-32,36,38-39H,1,10,12,14-15,19-20H2,2-8H3,(H2,34,40)/t22?,23-,24?,25?,26?,28?,30?,31?,32?/m0/s1. The average molecular weight is 594 g/mol. The van der Waals surface area contributed by atoms with Gasteiger partial charge in [-0.1, -0.05) is 83.2 Å². The van der Waals surface area contributed by atoms with Gasteiger partial charge in [-0.05, 0) is 32.6 Å². The van der Waals surface area contributed by atoms with Crippen molar-refractivity contribution in [2.24, 2.45) is 35.3 Å². The number of carbonyl (C=O) groups excluding carboxylic acids is 3. The Hall–Kier alpha value is -2.75. The molecule has 0 aliphatic carbocycles. The van der Waals surface area contributed by atoms with Crippen molar-refractivity contribution in [2.45, 2.75) is 105 Å². The number of Topliss-reactive ketones (excluding diaryl/α,β-unsaturated/α-hetero) is 1. The fourth-order valence-electron chi connectivity index (χ4n) is 5.11. The zero-order valence-electron chi connectivity index (χ0n) is 26.6. The lowest BCUT2D eigenvalue weighted by Crippen LogP contribution is -2.41. The minimum Gasteiger partial charge on any atom is -0.466 e. The van der Waals surface area contributed by atoms with Crippen LogP contribution in [0, 0.1) is 29.6 Å². The van der Waals surface area contributed by atoms with Crippen molar-refractivity contribution in [3.63, 3.8) is 0 Å². The van der Waals surface area contributed by atoms with E-state index in [4.69, 9.17) is 15.2 Å². The van der Waals surface area contributed by atoms with E-state index in [2.05, 4.69) is 6.58 Å². The van der Waals surface area contributed by atoms with Crippen LogP contribution in [0.2, 0.25) is 0 Å². The molecule has 0 aliphatic heterocycles. The van der Waals surface area contributed by atoms with E-state index in [0.29, 0.717) is 19.4 Å². The van der Waals surface area contributed by atoms with Gasteiger partial charge in [0.05, 0.1) is 24.9 Å². The number of ketones is 1. The summed E-state index contributed by atoms with van der Waals surface area (Å²) in [6, 6.07) is 0. The molecule has 1 amide bonds. The zero-order chi connectivity index (χ0) is 32.4. The maximum atomic E-state index is 12.1. The van der Waals surface area contributed by atoms with E-state index in [1.807, 2.05) is 53.7 Å². The second kappa shape index (κ2) is 21.0. The van der Waals surface area contributed by atoms with E-state index < -0.39 is 30.5 Å². The molecule has 0 radical (unpaired) electrons. The summed E-state index contributed by atoms with van der Waals surface area (Å²) >= 11 is 0. The molecule has 9 nitrogen and oxygen atoms in total. The summed E-state index contributed by atoms with van der Waals surface area (Å²) in [5, 5.41) is 32.2. The molecule has 0 aromatic heterocycles. The minimum atomic E-state index is -0.969. The predicted molar refractivity (Wildman–Crippen MR) is 165 cm³/mol. The van der Waals surface area contributed by atoms with Crippen molar-refractivity contribution >= 4 is 17.8 Å². The molecule has 0 aromatic rings. The number of ether oxygens (including phenoxy) is 2. The number of aliphatic hydroxyl groups is 3. The molecule has 9 heteroatoms. The number of allylic oxidation sites excluding steroid dienone is 3. The molecule has 8 unspecified atom stereocenters. The second-order valence-electron chi connectivity index (χ2n) is 11.5. The first-order valence-corrected chi connectivity index (χ1v) is 15.0. The first-order valence-electron chi connectivity index (χ1n) is 15.0. The molecule has 240 valence electrons. The lowest BCUT2D eigenvalue weighted by atomic mass is 9.81. The van der Waals surface area contributed by atoms with E-state index in [1.54, 1.807) is 25.2 Å². The molecule has 0 fully saturated rings. The first-order chi connectivity index (χ1) is 19.6. The van der Waals surface area contributed by atoms with E-state index in [9.17, 15) is 29.7 Å². The number of hydrogen-bond acceptors (Lipinski definition) is 8. The summed E-state index contributed by atoms with van der Waals surface area (Å²) in [7, 11) is 0. The van der Waals surface area contributed by atoms with Crippen LogP contribution in [0.5, 0.6) is 0 Å². The molecular weight excluding hydrogens is 538 g/mol. The van der Waals surface area contributed by atoms with Gasteiger partial charge in [0.25, 0.3) is 0 Å². The third-order valence-corrected chi connectivity index (χ3v) is 7.45. The van der Waals surface area contributed by atoms with Gasteiger partial charge >= 0.3 is 12.1 Å². The summed E-state index contributed by atoms with van der Waals surface area (Å²) in [5.74, 6) is -1.68. The quantitative estimate of drug-likeness (QED) is 0.0819. The van der Waals surface area contributed by atoms with Gasteiger partial charge in [-0.2, -0.15) is 0 Å². The number of carbonyl (C=O) groups is 3. The Bertz CT molecular complexity index is 927. The maximum absolute atomic E-state index is 12.1. The highest BCUT2D eigenvalue weighted by Gasteiger charge is 2.33. The molecule has 5 N–H and O–H groups in total. The van der Waals surface area contributed by atoms with Gasteiger partial charge in [-0.15, -0.1) is 0 Å². The van der Waals surface area contributed by atoms with Gasteiger partial charge in [0.1, 0.15) is 11.9 Å². The van der Waals surface area contributed by atoms with Crippen LogP contribution in [0.3, 0.4) is 0 Å². The van der Waals surface area contributed by atoms with Crippen molar-refractivity contribution in [2.75, 3.05) is 6.61 Å². The predicted octanol–water partition coefficient (Wildman–Crippen LogP) is 5.04. The summed E-state index contributed by atoms with van der Waals surface area (Å²) in [4.78, 5) is 35.0. The van der Waals surface area contributed by atoms with Gasteiger partial charge in [-0.3, -0.25) is 9.59 Å². The van der Waals surface area contributed by atoms with Crippen LogP contribution >= 0.6 is 0 Å². The Morgan fingerprint density at radius 1 is 0.881 bits per heavy atom. The average Bonchev–Trinajstić information content (AvgIpc) is 2.91. The number of nitrogens with two attached hydrogens (primary N) is 1. The maximum Gasteiger partial charge on any atom is 0.404 e. The van der Waals surface area contributed by atoms with Gasteiger partial charge in [0.15, 0.2) is 0 Å². The number of esters is 1. The Morgan fingerprint density at radius 2 is 1.52 bits per heavy atom. The van der Waals surface area contributed by atoms with E-state index >= 15 is 0 Å². The van der Waals surface area contributed by atoms with Crippen LogP contribution in [-0.2, 0) is 19.1 Å². The number of aliphatic hydroxyl groups excluding tert-OH is 3. The SMILES string of the molecule is C=CC=C[C@H](C)C(OC(N)=O)C(C)C(O)C(C)CC(C)=CC(C)C(O)C(C)C=CC(O)CC(=O)CCCC(=O)OCC. The summed E-state index contributed by atoms with van der Waals surface area (Å²) < 4.78 is 10.2. The molecule has 9 atom stereocenters. The highest BCUT2D eigenvalue weighted by molar-refractivity contribution is 5.79. The highest BCUT2D eigenvalue weighted by Crippen LogP contribution is 2.29. The van der Waals surface area contributed by atoms with Crippen LogP contribution in [0.15, 0.2) is 48.6 Å². The third kappa shape index (κ3) is 16.0. The van der Waals surface area contributed by atoms with E-state index in [0.717, 1.165) is 5.57 Å². The van der Waals surface area contributed by atoms with Crippen molar-refractivity contribution < 1.29 is 39.2 Å². The molecule has 0 heterocycles. The van der Waals surface area contributed by atoms with Crippen molar-refractivity contribution in [1.82, 2.24) is 0 Å². The number of amides is 1. The molecule has 0 spiro atoms. The molecule has 0 rings (SSSR count). The van der Waals surface area contributed by atoms with Gasteiger partial charge in [0, 0.05) is 42.9 Å². The minimum absolute atomic E-state index is 0.0516. The van der Waals surface area contributed by atoms with Crippen molar-refractivity contribution in [3.8, 4) is 0 Å². The van der Waals surface area contributed by atoms with Gasteiger partial charge in [0.2, 0.25) is 0 Å². The lowest BCUT2D eigenvalue weighted by Gasteiger charge is -2.33.